The summed E-state index contributed by atoms with van der Waals surface area (Å²) in [4.78, 5) is 26.4. The van der Waals surface area contributed by atoms with Crippen molar-refractivity contribution in [2.75, 3.05) is 13.2 Å². The lowest BCUT2D eigenvalue weighted by molar-refractivity contribution is -0.148. The first kappa shape index (κ1) is 17.3. The van der Waals surface area contributed by atoms with Gasteiger partial charge in [-0.1, -0.05) is 30.3 Å². The minimum Gasteiger partial charge on any atom is -0.466 e. The van der Waals surface area contributed by atoms with Gasteiger partial charge in [-0.2, -0.15) is 0 Å². The van der Waals surface area contributed by atoms with Gasteiger partial charge in [0.25, 0.3) is 0 Å². The van der Waals surface area contributed by atoms with Gasteiger partial charge in [0, 0.05) is 6.54 Å². The van der Waals surface area contributed by atoms with E-state index in [4.69, 9.17) is 9.47 Å². The van der Waals surface area contributed by atoms with Crippen LogP contribution in [0, 0.1) is 5.92 Å². The average molecular weight is 319 g/mol. The Hall–Kier alpha value is -2.04. The maximum atomic E-state index is 12.5. The Morgan fingerprint density at radius 1 is 1.22 bits per heavy atom. The fraction of sp³-hybridized carbons (Fsp3) is 0.556. The highest BCUT2D eigenvalue weighted by atomic mass is 16.6. The topological polar surface area (TPSA) is 55.8 Å². The lowest BCUT2D eigenvalue weighted by Gasteiger charge is -2.30. The second-order valence-electron chi connectivity index (χ2n) is 6.68. The van der Waals surface area contributed by atoms with Crippen LogP contribution in [-0.2, 0) is 14.3 Å². The van der Waals surface area contributed by atoms with E-state index in [2.05, 4.69) is 0 Å². The molecule has 23 heavy (non-hydrogen) atoms. The Balaban J connectivity index is 2.28. The zero-order valence-electron chi connectivity index (χ0n) is 14.2. The molecule has 1 aromatic carbocycles. The molecule has 1 fully saturated rings. The highest BCUT2D eigenvalue weighted by Crippen LogP contribution is 2.38. The third-order valence-electron chi connectivity index (χ3n) is 3.76. The van der Waals surface area contributed by atoms with Gasteiger partial charge in [-0.05, 0) is 39.7 Å². The van der Waals surface area contributed by atoms with Crippen molar-refractivity contribution in [2.45, 2.75) is 45.8 Å². The van der Waals surface area contributed by atoms with E-state index in [1.54, 1.807) is 11.8 Å². The van der Waals surface area contributed by atoms with Crippen LogP contribution in [0.5, 0.6) is 0 Å². The van der Waals surface area contributed by atoms with Gasteiger partial charge in [-0.3, -0.25) is 4.79 Å². The Morgan fingerprint density at radius 2 is 1.87 bits per heavy atom. The van der Waals surface area contributed by atoms with Crippen molar-refractivity contribution in [3.05, 3.63) is 35.9 Å². The standard InChI is InChI=1S/C18H25NO4/c1-5-22-16(20)14-11-12-19(17(21)23-18(2,3)4)15(14)13-9-7-6-8-10-13/h6-10,14-15H,5,11-12H2,1-4H3/t14-,15+/m0/s1. The van der Waals surface area contributed by atoms with E-state index in [1.165, 1.54) is 0 Å². The molecule has 1 amide bonds. The molecule has 0 aliphatic carbocycles. The summed E-state index contributed by atoms with van der Waals surface area (Å²) in [6.45, 7) is 8.11. The highest BCUT2D eigenvalue weighted by Gasteiger charge is 2.44. The number of nitrogens with zero attached hydrogens (tertiary/aromatic N) is 1. The van der Waals surface area contributed by atoms with E-state index in [1.807, 2.05) is 51.1 Å². The Bertz CT molecular complexity index is 550. The van der Waals surface area contributed by atoms with E-state index >= 15 is 0 Å². The van der Waals surface area contributed by atoms with E-state index < -0.39 is 11.7 Å². The first-order valence-electron chi connectivity index (χ1n) is 8.04. The van der Waals surface area contributed by atoms with Crippen molar-refractivity contribution < 1.29 is 19.1 Å². The van der Waals surface area contributed by atoms with Crippen molar-refractivity contribution in [1.82, 2.24) is 4.90 Å². The number of ether oxygens (including phenoxy) is 2. The number of hydrogen-bond acceptors (Lipinski definition) is 4. The van der Waals surface area contributed by atoms with Crippen molar-refractivity contribution in [3.63, 3.8) is 0 Å². The number of rotatable bonds is 3. The van der Waals surface area contributed by atoms with Gasteiger partial charge in [0.1, 0.15) is 5.60 Å². The number of benzene rings is 1. The summed E-state index contributed by atoms with van der Waals surface area (Å²) in [5.74, 6) is -0.614. The van der Waals surface area contributed by atoms with Gasteiger partial charge in [0.05, 0.1) is 18.6 Å². The minimum atomic E-state index is -0.569. The molecule has 0 spiro atoms. The predicted molar refractivity (Wildman–Crippen MR) is 86.9 cm³/mol. The maximum absolute atomic E-state index is 12.5. The summed E-state index contributed by atoms with van der Waals surface area (Å²) >= 11 is 0. The number of amides is 1. The molecule has 1 heterocycles. The first-order chi connectivity index (χ1) is 10.8. The fourth-order valence-corrected chi connectivity index (χ4v) is 2.88. The molecule has 0 N–H and O–H groups in total. The van der Waals surface area contributed by atoms with Gasteiger partial charge < -0.3 is 14.4 Å². The highest BCUT2D eigenvalue weighted by molar-refractivity contribution is 5.77. The van der Waals surface area contributed by atoms with Crippen LogP contribution in [0.2, 0.25) is 0 Å². The van der Waals surface area contributed by atoms with Crippen molar-refractivity contribution in [3.8, 4) is 0 Å². The number of hydrogen-bond donors (Lipinski definition) is 0. The van der Waals surface area contributed by atoms with Crippen LogP contribution in [0.3, 0.4) is 0 Å². The molecule has 0 aromatic heterocycles. The SMILES string of the molecule is CCOC(=O)[C@H]1CCN(C(=O)OC(C)(C)C)[C@@H]1c1ccccc1. The normalized spacial score (nSPS) is 21.1. The Kier molecular flexibility index (Phi) is 5.29. The van der Waals surface area contributed by atoms with Gasteiger partial charge >= 0.3 is 12.1 Å². The summed E-state index contributed by atoms with van der Waals surface area (Å²) in [6.07, 6.45) is 0.190. The number of esters is 1. The third kappa shape index (κ3) is 4.24. The van der Waals surface area contributed by atoms with E-state index in [-0.39, 0.29) is 17.9 Å². The van der Waals surface area contributed by atoms with Crippen molar-refractivity contribution in [2.24, 2.45) is 5.92 Å². The van der Waals surface area contributed by atoms with Crippen LogP contribution in [-0.4, -0.2) is 35.7 Å². The molecule has 0 unspecified atom stereocenters. The molecule has 0 saturated carbocycles. The Labute approximate surface area is 137 Å². The molecule has 0 radical (unpaired) electrons. The molecule has 5 heteroatoms. The largest absolute Gasteiger partial charge is 0.466 e. The van der Waals surface area contributed by atoms with E-state index in [0.29, 0.717) is 19.6 Å². The second-order valence-corrected chi connectivity index (χ2v) is 6.68. The summed E-state index contributed by atoms with van der Waals surface area (Å²) < 4.78 is 10.7. The quantitative estimate of drug-likeness (QED) is 0.800. The Morgan fingerprint density at radius 3 is 2.43 bits per heavy atom. The molecule has 1 aliphatic heterocycles. The second kappa shape index (κ2) is 7.02. The zero-order chi connectivity index (χ0) is 17.0. The molecule has 5 nitrogen and oxygen atoms in total. The van der Waals surface area contributed by atoms with Crippen LogP contribution in [0.4, 0.5) is 4.79 Å². The summed E-state index contributed by atoms with van der Waals surface area (Å²) in [5.41, 5.74) is 0.356. The molecule has 2 rings (SSSR count). The monoisotopic (exact) mass is 319 g/mol. The lowest BCUT2D eigenvalue weighted by Crippen LogP contribution is -2.38. The van der Waals surface area contributed by atoms with E-state index in [9.17, 15) is 9.59 Å². The molecule has 1 saturated heterocycles. The fourth-order valence-electron chi connectivity index (χ4n) is 2.88. The smallest absolute Gasteiger partial charge is 0.410 e. The molecule has 2 atom stereocenters. The van der Waals surface area contributed by atoms with Gasteiger partial charge in [-0.25, -0.2) is 4.79 Å². The summed E-state index contributed by atoms with van der Waals surface area (Å²) in [7, 11) is 0. The zero-order valence-corrected chi connectivity index (χ0v) is 14.2. The molecule has 1 aliphatic rings. The maximum Gasteiger partial charge on any atom is 0.410 e. The number of likely N-dealkylation sites (tertiary alicyclic amines) is 1. The van der Waals surface area contributed by atoms with Gasteiger partial charge in [0.15, 0.2) is 0 Å². The summed E-state index contributed by atoms with van der Waals surface area (Å²) in [5, 5.41) is 0. The average Bonchev–Trinajstić information content (AvgIpc) is 2.91. The van der Waals surface area contributed by atoms with Crippen LogP contribution < -0.4 is 0 Å². The minimum absolute atomic E-state index is 0.257. The number of carbonyl (C=O) groups is 2. The third-order valence-corrected chi connectivity index (χ3v) is 3.76. The molecule has 1 aromatic rings. The molecular formula is C18H25NO4. The molecule has 0 bridgehead atoms. The lowest BCUT2D eigenvalue weighted by atomic mass is 9.94. The van der Waals surface area contributed by atoms with Crippen molar-refractivity contribution >= 4 is 12.1 Å². The van der Waals surface area contributed by atoms with Crippen molar-refractivity contribution in [1.29, 1.82) is 0 Å². The van der Waals surface area contributed by atoms with Crippen LogP contribution >= 0.6 is 0 Å². The van der Waals surface area contributed by atoms with Crippen LogP contribution in [0.1, 0.15) is 45.7 Å². The predicted octanol–water partition coefficient (Wildman–Crippen LogP) is 3.55. The summed E-state index contributed by atoms with van der Waals surface area (Å²) in [6, 6.07) is 9.24. The molecular weight excluding hydrogens is 294 g/mol. The molecule has 126 valence electrons. The van der Waals surface area contributed by atoms with Crippen LogP contribution in [0.25, 0.3) is 0 Å². The first-order valence-corrected chi connectivity index (χ1v) is 8.04. The van der Waals surface area contributed by atoms with Gasteiger partial charge in [0.2, 0.25) is 0 Å². The van der Waals surface area contributed by atoms with E-state index in [0.717, 1.165) is 5.56 Å². The van der Waals surface area contributed by atoms with Gasteiger partial charge in [-0.15, -0.1) is 0 Å². The van der Waals surface area contributed by atoms with Crippen LogP contribution in [0.15, 0.2) is 30.3 Å². The number of carbonyl (C=O) groups excluding carboxylic acids is 2.